The molecule has 2 amide bonds. The van der Waals surface area contributed by atoms with Crippen LogP contribution in [0.15, 0.2) is 54.6 Å². The predicted octanol–water partition coefficient (Wildman–Crippen LogP) is 3.25. The monoisotopic (exact) mass is 399 g/mol. The van der Waals surface area contributed by atoms with Crippen LogP contribution >= 0.6 is 11.6 Å². The summed E-state index contributed by atoms with van der Waals surface area (Å²) in [5.74, 6) is -0.0526. The fourth-order valence-electron chi connectivity index (χ4n) is 3.49. The van der Waals surface area contributed by atoms with Gasteiger partial charge in [0.2, 0.25) is 11.8 Å². The number of rotatable bonds is 6. The summed E-state index contributed by atoms with van der Waals surface area (Å²) in [5.41, 5.74) is 2.17. The molecule has 0 aliphatic carbocycles. The van der Waals surface area contributed by atoms with E-state index < -0.39 is 0 Å². The van der Waals surface area contributed by atoms with Crippen molar-refractivity contribution in [3.8, 4) is 0 Å². The Morgan fingerprint density at radius 1 is 1.00 bits per heavy atom. The van der Waals surface area contributed by atoms with Gasteiger partial charge < -0.3 is 10.2 Å². The topological polar surface area (TPSA) is 52.7 Å². The maximum Gasteiger partial charge on any atom is 0.225 e. The van der Waals surface area contributed by atoms with Crippen molar-refractivity contribution in [2.24, 2.45) is 0 Å². The number of carbonyl (C=O) groups is 2. The van der Waals surface area contributed by atoms with Crippen molar-refractivity contribution in [1.82, 2.24) is 15.1 Å². The summed E-state index contributed by atoms with van der Waals surface area (Å²) < 4.78 is 0. The number of halogens is 1. The van der Waals surface area contributed by atoms with Gasteiger partial charge in [-0.25, -0.2) is 0 Å². The number of hydrogen-bond acceptors (Lipinski definition) is 3. The van der Waals surface area contributed by atoms with Gasteiger partial charge in [-0.2, -0.15) is 0 Å². The molecule has 28 heavy (non-hydrogen) atoms. The second kappa shape index (κ2) is 9.71. The van der Waals surface area contributed by atoms with Crippen molar-refractivity contribution in [3.05, 3.63) is 70.7 Å². The van der Waals surface area contributed by atoms with Gasteiger partial charge in [0.25, 0.3) is 0 Å². The lowest BCUT2D eigenvalue weighted by Gasteiger charge is -2.35. The Balaban J connectivity index is 1.53. The molecule has 1 aliphatic rings. The molecule has 3 rings (SSSR count). The van der Waals surface area contributed by atoms with Crippen LogP contribution in [0.3, 0.4) is 0 Å². The molecule has 0 spiro atoms. The van der Waals surface area contributed by atoms with Crippen LogP contribution in [0.2, 0.25) is 5.02 Å². The van der Waals surface area contributed by atoms with Crippen LogP contribution in [-0.2, 0) is 16.1 Å². The van der Waals surface area contributed by atoms with Gasteiger partial charge in [-0.15, -0.1) is 0 Å². The molecule has 1 heterocycles. The molecule has 0 radical (unpaired) electrons. The summed E-state index contributed by atoms with van der Waals surface area (Å²) in [6, 6.07) is 17.2. The zero-order valence-electron chi connectivity index (χ0n) is 16.1. The summed E-state index contributed by atoms with van der Waals surface area (Å²) in [6.45, 7) is 5.42. The normalized spacial score (nSPS) is 15.9. The smallest absolute Gasteiger partial charge is 0.225 e. The highest BCUT2D eigenvalue weighted by Crippen LogP contribution is 2.19. The number of amides is 2. The summed E-state index contributed by atoms with van der Waals surface area (Å²) in [7, 11) is 0. The lowest BCUT2D eigenvalue weighted by Crippen LogP contribution is -2.49. The van der Waals surface area contributed by atoms with E-state index in [4.69, 9.17) is 11.6 Å². The SMILES string of the molecule is CC(=O)NC(CC(=O)N1CCN(Cc2ccc(Cl)cc2)CC1)c1ccccc1. The van der Waals surface area contributed by atoms with E-state index in [0.29, 0.717) is 13.1 Å². The first-order valence-electron chi connectivity index (χ1n) is 9.58. The molecule has 1 N–H and O–H groups in total. The lowest BCUT2D eigenvalue weighted by atomic mass is 10.0. The van der Waals surface area contributed by atoms with Crippen LogP contribution < -0.4 is 5.32 Å². The molecule has 0 aromatic heterocycles. The highest BCUT2D eigenvalue weighted by atomic mass is 35.5. The number of benzene rings is 2. The first kappa shape index (κ1) is 20.4. The van der Waals surface area contributed by atoms with Gasteiger partial charge >= 0.3 is 0 Å². The molecule has 6 heteroatoms. The zero-order valence-corrected chi connectivity index (χ0v) is 16.9. The van der Waals surface area contributed by atoms with Gasteiger partial charge in [-0.3, -0.25) is 14.5 Å². The number of nitrogens with zero attached hydrogens (tertiary/aromatic N) is 2. The molecule has 0 bridgehead atoms. The van der Waals surface area contributed by atoms with Crippen LogP contribution in [0.25, 0.3) is 0 Å². The minimum Gasteiger partial charge on any atom is -0.349 e. The van der Waals surface area contributed by atoms with Crippen molar-refractivity contribution < 1.29 is 9.59 Å². The van der Waals surface area contributed by atoms with E-state index in [0.717, 1.165) is 30.2 Å². The van der Waals surface area contributed by atoms with E-state index in [1.165, 1.54) is 12.5 Å². The van der Waals surface area contributed by atoms with E-state index in [-0.39, 0.29) is 24.3 Å². The Kier molecular flexibility index (Phi) is 7.06. The van der Waals surface area contributed by atoms with E-state index in [2.05, 4.69) is 10.2 Å². The predicted molar refractivity (Wildman–Crippen MR) is 111 cm³/mol. The van der Waals surface area contributed by atoms with Crippen LogP contribution in [0, 0.1) is 0 Å². The van der Waals surface area contributed by atoms with E-state index in [1.807, 2.05) is 59.5 Å². The molecule has 1 unspecified atom stereocenters. The second-order valence-corrected chi connectivity index (χ2v) is 7.59. The van der Waals surface area contributed by atoms with Gasteiger partial charge in [0.05, 0.1) is 12.5 Å². The van der Waals surface area contributed by atoms with Gasteiger partial charge in [-0.1, -0.05) is 54.1 Å². The average molecular weight is 400 g/mol. The molecule has 2 aromatic rings. The minimum absolute atomic E-state index is 0.0775. The zero-order chi connectivity index (χ0) is 19.9. The van der Waals surface area contributed by atoms with Crippen LogP contribution in [-0.4, -0.2) is 47.8 Å². The Hall–Kier alpha value is -2.37. The molecule has 1 fully saturated rings. The molecule has 148 valence electrons. The van der Waals surface area contributed by atoms with Crippen LogP contribution in [0.5, 0.6) is 0 Å². The van der Waals surface area contributed by atoms with E-state index >= 15 is 0 Å². The first-order chi connectivity index (χ1) is 13.5. The summed E-state index contributed by atoms with van der Waals surface area (Å²) in [6.07, 6.45) is 0.279. The number of carbonyl (C=O) groups excluding carboxylic acids is 2. The highest BCUT2D eigenvalue weighted by molar-refractivity contribution is 6.30. The van der Waals surface area contributed by atoms with Crippen molar-refractivity contribution >= 4 is 23.4 Å². The van der Waals surface area contributed by atoms with E-state index in [9.17, 15) is 9.59 Å². The average Bonchev–Trinajstić information content (AvgIpc) is 2.70. The Morgan fingerprint density at radius 3 is 2.25 bits per heavy atom. The van der Waals surface area contributed by atoms with Crippen molar-refractivity contribution in [1.29, 1.82) is 0 Å². The number of nitrogens with one attached hydrogen (secondary N) is 1. The van der Waals surface area contributed by atoms with Gasteiger partial charge in [-0.05, 0) is 23.3 Å². The second-order valence-electron chi connectivity index (χ2n) is 7.15. The van der Waals surface area contributed by atoms with Crippen LogP contribution in [0.1, 0.15) is 30.5 Å². The molecule has 2 aromatic carbocycles. The number of hydrogen-bond donors (Lipinski definition) is 1. The molecule has 5 nitrogen and oxygen atoms in total. The molecular formula is C22H26ClN3O2. The van der Waals surface area contributed by atoms with Gasteiger partial charge in [0.15, 0.2) is 0 Å². The maximum absolute atomic E-state index is 12.8. The largest absolute Gasteiger partial charge is 0.349 e. The van der Waals surface area contributed by atoms with Gasteiger partial charge in [0.1, 0.15) is 0 Å². The molecule has 1 aliphatic heterocycles. The lowest BCUT2D eigenvalue weighted by molar-refractivity contribution is -0.133. The Labute approximate surface area is 171 Å². The Morgan fingerprint density at radius 2 is 1.64 bits per heavy atom. The third kappa shape index (κ3) is 5.81. The van der Waals surface area contributed by atoms with Crippen molar-refractivity contribution in [2.45, 2.75) is 25.9 Å². The standard InChI is InChI=1S/C22H26ClN3O2/c1-17(27)24-21(19-5-3-2-4-6-19)15-22(28)26-13-11-25(12-14-26)16-18-7-9-20(23)10-8-18/h2-10,21H,11-16H2,1H3,(H,24,27). The third-order valence-electron chi connectivity index (χ3n) is 5.00. The summed E-state index contributed by atoms with van der Waals surface area (Å²) >= 11 is 5.94. The van der Waals surface area contributed by atoms with Gasteiger partial charge in [0, 0.05) is 44.7 Å². The molecule has 0 saturated carbocycles. The summed E-state index contributed by atoms with van der Waals surface area (Å²) in [5, 5.41) is 3.65. The molecule has 1 saturated heterocycles. The van der Waals surface area contributed by atoms with Crippen molar-refractivity contribution in [2.75, 3.05) is 26.2 Å². The molecule has 1 atom stereocenters. The Bertz CT molecular complexity index is 787. The quantitative estimate of drug-likeness (QED) is 0.811. The third-order valence-corrected chi connectivity index (χ3v) is 5.25. The summed E-state index contributed by atoms with van der Waals surface area (Å²) in [4.78, 5) is 28.6. The highest BCUT2D eigenvalue weighted by Gasteiger charge is 2.24. The van der Waals surface area contributed by atoms with Crippen LogP contribution in [0.4, 0.5) is 0 Å². The fraction of sp³-hybridized carbons (Fsp3) is 0.364. The first-order valence-corrected chi connectivity index (χ1v) is 9.95. The molecular weight excluding hydrogens is 374 g/mol. The van der Waals surface area contributed by atoms with E-state index in [1.54, 1.807) is 0 Å². The number of piperazine rings is 1. The maximum atomic E-state index is 12.8. The minimum atomic E-state index is -0.293. The fourth-order valence-corrected chi connectivity index (χ4v) is 3.62. The van der Waals surface area contributed by atoms with Crippen molar-refractivity contribution in [3.63, 3.8) is 0 Å².